The number of nitrogens with zero attached hydrogens (tertiary/aromatic N) is 1. The summed E-state index contributed by atoms with van der Waals surface area (Å²) in [4.78, 5) is 14.2. The Morgan fingerprint density at radius 3 is 3.07 bits per heavy atom. The number of aliphatic carboxylic acids is 1. The molecule has 1 aromatic heterocycles. The highest BCUT2D eigenvalue weighted by atomic mass is 32.1. The smallest absolute Gasteiger partial charge is 0.308 e. The molecule has 0 spiro atoms. The van der Waals surface area contributed by atoms with Crippen molar-refractivity contribution in [2.45, 2.75) is 18.9 Å². The van der Waals surface area contributed by atoms with E-state index in [-0.39, 0.29) is 12.0 Å². The van der Waals surface area contributed by atoms with E-state index < -0.39 is 5.97 Å². The molecule has 0 bridgehead atoms. The molecule has 1 N–H and O–H groups in total. The second-order valence-electron chi connectivity index (χ2n) is 4.06. The van der Waals surface area contributed by atoms with Crippen LogP contribution in [0.2, 0.25) is 0 Å². The number of carbonyl (C=O) groups is 1. The highest BCUT2D eigenvalue weighted by Gasteiger charge is 2.45. The van der Waals surface area contributed by atoms with E-state index in [1.807, 2.05) is 7.05 Å². The lowest BCUT2D eigenvalue weighted by Crippen LogP contribution is -2.26. The lowest BCUT2D eigenvalue weighted by Gasteiger charge is -2.15. The van der Waals surface area contributed by atoms with Crippen molar-refractivity contribution >= 4 is 17.3 Å². The van der Waals surface area contributed by atoms with Crippen molar-refractivity contribution in [1.82, 2.24) is 4.90 Å². The van der Waals surface area contributed by atoms with Crippen LogP contribution < -0.4 is 0 Å². The molecule has 0 aliphatic heterocycles. The maximum Gasteiger partial charge on any atom is 0.308 e. The van der Waals surface area contributed by atoms with Crippen LogP contribution in [-0.2, 0) is 11.2 Å². The minimum Gasteiger partial charge on any atom is -0.481 e. The molecule has 1 fully saturated rings. The Labute approximate surface area is 93.3 Å². The number of hydrogen-bond donors (Lipinski definition) is 1. The molecule has 1 aliphatic carbocycles. The molecule has 82 valence electrons. The van der Waals surface area contributed by atoms with Crippen molar-refractivity contribution < 1.29 is 9.90 Å². The van der Waals surface area contributed by atoms with Gasteiger partial charge in [-0.3, -0.25) is 4.79 Å². The Hall–Kier alpha value is -0.870. The molecule has 15 heavy (non-hydrogen) atoms. The summed E-state index contributed by atoms with van der Waals surface area (Å²) in [6.07, 6.45) is 1.84. The van der Waals surface area contributed by atoms with E-state index in [2.05, 4.69) is 22.4 Å². The molecule has 4 heteroatoms. The molecule has 1 aromatic rings. The largest absolute Gasteiger partial charge is 0.481 e. The Balaban J connectivity index is 1.75. The normalized spacial score (nSPS) is 24.4. The first-order valence-electron chi connectivity index (χ1n) is 5.14. The molecule has 2 unspecified atom stereocenters. The summed E-state index contributed by atoms with van der Waals surface area (Å²) in [5.41, 5.74) is 0. The summed E-state index contributed by atoms with van der Waals surface area (Å²) < 4.78 is 0. The van der Waals surface area contributed by atoms with Crippen molar-refractivity contribution in [1.29, 1.82) is 0 Å². The van der Waals surface area contributed by atoms with Gasteiger partial charge in [-0.1, -0.05) is 6.07 Å². The minimum absolute atomic E-state index is 0.127. The van der Waals surface area contributed by atoms with Gasteiger partial charge in [0.2, 0.25) is 0 Å². The van der Waals surface area contributed by atoms with Crippen LogP contribution >= 0.6 is 11.3 Å². The highest BCUT2D eigenvalue weighted by molar-refractivity contribution is 7.09. The van der Waals surface area contributed by atoms with Crippen molar-refractivity contribution in [3.8, 4) is 0 Å². The number of carboxylic acid groups (broad SMARTS) is 1. The third kappa shape index (κ3) is 2.58. The van der Waals surface area contributed by atoms with Gasteiger partial charge >= 0.3 is 5.97 Å². The summed E-state index contributed by atoms with van der Waals surface area (Å²) >= 11 is 1.76. The SMILES string of the molecule is CN(CCc1cccs1)C1CC1C(=O)O. The number of hydrogen-bond acceptors (Lipinski definition) is 3. The van der Waals surface area contributed by atoms with E-state index in [0.29, 0.717) is 0 Å². The topological polar surface area (TPSA) is 40.5 Å². The lowest BCUT2D eigenvalue weighted by atomic mass is 10.3. The molecule has 2 rings (SSSR count). The summed E-state index contributed by atoms with van der Waals surface area (Å²) in [7, 11) is 2.02. The standard InChI is InChI=1S/C11H15NO2S/c1-12(10-7-9(10)11(13)14)5-4-8-3-2-6-15-8/h2-3,6,9-10H,4-5,7H2,1H3,(H,13,14). The molecule has 1 heterocycles. The maximum absolute atomic E-state index is 10.7. The third-order valence-corrected chi connectivity index (χ3v) is 3.87. The van der Waals surface area contributed by atoms with Crippen LogP contribution in [0.1, 0.15) is 11.3 Å². The fourth-order valence-electron chi connectivity index (χ4n) is 1.84. The van der Waals surface area contributed by atoms with Crippen LogP contribution in [0.25, 0.3) is 0 Å². The number of likely N-dealkylation sites (N-methyl/N-ethyl adjacent to an activating group) is 1. The van der Waals surface area contributed by atoms with Gasteiger partial charge in [-0.05, 0) is 31.3 Å². The fourth-order valence-corrected chi connectivity index (χ4v) is 2.54. The molecular weight excluding hydrogens is 210 g/mol. The van der Waals surface area contributed by atoms with Crippen LogP contribution in [-0.4, -0.2) is 35.6 Å². The average molecular weight is 225 g/mol. The van der Waals surface area contributed by atoms with Gasteiger partial charge < -0.3 is 10.0 Å². The summed E-state index contributed by atoms with van der Waals surface area (Å²) in [5, 5.41) is 10.9. The van der Waals surface area contributed by atoms with Gasteiger partial charge in [0.15, 0.2) is 0 Å². The van der Waals surface area contributed by atoms with Crippen LogP contribution in [0.5, 0.6) is 0 Å². The molecular formula is C11H15NO2S. The van der Waals surface area contributed by atoms with Crippen LogP contribution in [0.3, 0.4) is 0 Å². The number of carboxylic acids is 1. The molecule has 0 saturated heterocycles. The van der Waals surface area contributed by atoms with Gasteiger partial charge in [-0.25, -0.2) is 0 Å². The molecule has 1 saturated carbocycles. The molecule has 0 radical (unpaired) electrons. The Morgan fingerprint density at radius 1 is 1.73 bits per heavy atom. The van der Waals surface area contributed by atoms with Crippen molar-refractivity contribution in [2.75, 3.05) is 13.6 Å². The zero-order chi connectivity index (χ0) is 10.8. The van der Waals surface area contributed by atoms with E-state index in [1.54, 1.807) is 11.3 Å². The van der Waals surface area contributed by atoms with Gasteiger partial charge in [-0.15, -0.1) is 11.3 Å². The van der Waals surface area contributed by atoms with E-state index in [9.17, 15) is 4.79 Å². The predicted molar refractivity (Wildman–Crippen MR) is 60.2 cm³/mol. The van der Waals surface area contributed by atoms with E-state index in [4.69, 9.17) is 5.11 Å². The second-order valence-corrected chi connectivity index (χ2v) is 5.09. The Bertz CT molecular complexity index is 336. The van der Waals surface area contributed by atoms with Gasteiger partial charge in [0.05, 0.1) is 5.92 Å². The summed E-state index contributed by atoms with van der Waals surface area (Å²) in [5.74, 6) is -0.777. The van der Waals surface area contributed by atoms with Gasteiger partial charge in [-0.2, -0.15) is 0 Å². The predicted octanol–water partition coefficient (Wildman–Crippen LogP) is 1.70. The summed E-state index contributed by atoms with van der Waals surface area (Å²) in [6, 6.07) is 4.44. The second kappa shape index (κ2) is 4.33. The first kappa shape index (κ1) is 10.6. The molecule has 3 nitrogen and oxygen atoms in total. The maximum atomic E-state index is 10.7. The molecule has 0 aromatic carbocycles. The summed E-state index contributed by atoms with van der Waals surface area (Å²) in [6.45, 7) is 0.953. The minimum atomic E-state index is -0.650. The van der Waals surface area contributed by atoms with Crippen molar-refractivity contribution in [2.24, 2.45) is 5.92 Å². The molecule has 0 amide bonds. The first-order chi connectivity index (χ1) is 7.18. The van der Waals surface area contributed by atoms with Crippen molar-refractivity contribution in [3.05, 3.63) is 22.4 Å². The van der Waals surface area contributed by atoms with Crippen LogP contribution in [0, 0.1) is 5.92 Å². The van der Waals surface area contributed by atoms with E-state index in [1.165, 1.54) is 4.88 Å². The quantitative estimate of drug-likeness (QED) is 0.829. The third-order valence-electron chi connectivity index (χ3n) is 2.93. The highest BCUT2D eigenvalue weighted by Crippen LogP contribution is 2.35. The Morgan fingerprint density at radius 2 is 2.53 bits per heavy atom. The van der Waals surface area contributed by atoms with Crippen molar-refractivity contribution in [3.63, 3.8) is 0 Å². The van der Waals surface area contributed by atoms with E-state index in [0.717, 1.165) is 19.4 Å². The first-order valence-corrected chi connectivity index (χ1v) is 6.02. The lowest BCUT2D eigenvalue weighted by molar-refractivity contribution is -0.138. The van der Waals surface area contributed by atoms with Crippen LogP contribution in [0.4, 0.5) is 0 Å². The fraction of sp³-hybridized carbons (Fsp3) is 0.545. The Kier molecular flexibility index (Phi) is 3.07. The van der Waals surface area contributed by atoms with Gasteiger partial charge in [0.1, 0.15) is 0 Å². The number of rotatable bonds is 5. The zero-order valence-electron chi connectivity index (χ0n) is 8.72. The van der Waals surface area contributed by atoms with Crippen LogP contribution in [0.15, 0.2) is 17.5 Å². The average Bonchev–Trinajstić information content (AvgIpc) is 2.85. The van der Waals surface area contributed by atoms with E-state index >= 15 is 0 Å². The van der Waals surface area contributed by atoms with Gasteiger partial charge in [0, 0.05) is 17.5 Å². The molecule has 1 aliphatic rings. The molecule has 2 atom stereocenters. The monoisotopic (exact) mass is 225 g/mol. The number of thiophene rings is 1. The van der Waals surface area contributed by atoms with Gasteiger partial charge in [0.25, 0.3) is 0 Å². The zero-order valence-corrected chi connectivity index (χ0v) is 9.54.